The van der Waals surface area contributed by atoms with Crippen LogP contribution in [-0.4, -0.2) is 21.6 Å². The van der Waals surface area contributed by atoms with Crippen LogP contribution in [0.1, 0.15) is 44.5 Å². The van der Waals surface area contributed by atoms with E-state index < -0.39 is 10.7 Å². The van der Waals surface area contributed by atoms with E-state index in [9.17, 15) is 9.59 Å². The number of aliphatic carboxylic acids is 1. The van der Waals surface area contributed by atoms with E-state index in [0.29, 0.717) is 17.9 Å². The lowest BCUT2D eigenvalue weighted by molar-refractivity contribution is -0.138. The molecule has 0 aliphatic rings. The van der Waals surface area contributed by atoms with Gasteiger partial charge in [0.05, 0.1) is 0 Å². The molecule has 0 aliphatic carbocycles. The fourth-order valence-corrected chi connectivity index (χ4v) is 2.48. The van der Waals surface area contributed by atoms with Crippen LogP contribution >= 0.6 is 11.8 Å². The molecule has 3 nitrogen and oxygen atoms in total. The number of carboxylic acids is 1. The summed E-state index contributed by atoms with van der Waals surface area (Å²) in [6.45, 7) is 7.35. The Morgan fingerprint density at radius 2 is 1.74 bits per heavy atom. The number of carbonyl (C=O) groups excluding carboxylic acids is 1. The molecular weight excluding hydrogens is 260 g/mol. The summed E-state index contributed by atoms with van der Waals surface area (Å²) in [7, 11) is 0. The lowest BCUT2D eigenvalue weighted by atomic mass is 10.0. The van der Waals surface area contributed by atoms with Gasteiger partial charge in [0.15, 0.2) is 5.78 Å². The molecule has 4 heteroatoms. The molecule has 1 N–H and O–H groups in total. The summed E-state index contributed by atoms with van der Waals surface area (Å²) >= 11 is 1.28. The zero-order valence-electron chi connectivity index (χ0n) is 11.8. The van der Waals surface area contributed by atoms with E-state index in [1.807, 2.05) is 26.0 Å². The van der Waals surface area contributed by atoms with Gasteiger partial charge >= 0.3 is 5.97 Å². The first-order valence-electron chi connectivity index (χ1n) is 6.28. The first-order chi connectivity index (χ1) is 8.72. The van der Waals surface area contributed by atoms with Gasteiger partial charge in [0.1, 0.15) is 4.75 Å². The van der Waals surface area contributed by atoms with Crippen LogP contribution in [-0.2, 0) is 4.79 Å². The number of rotatable bonds is 6. The quantitative estimate of drug-likeness (QED) is 0.635. The van der Waals surface area contributed by atoms with E-state index in [0.717, 1.165) is 4.90 Å². The molecule has 0 bridgehead atoms. The Kier molecular flexibility index (Phi) is 5.18. The number of benzene rings is 1. The summed E-state index contributed by atoms with van der Waals surface area (Å²) in [4.78, 5) is 23.8. The Morgan fingerprint density at radius 3 is 2.16 bits per heavy atom. The third-order valence-corrected chi connectivity index (χ3v) is 3.85. The van der Waals surface area contributed by atoms with Gasteiger partial charge in [-0.05, 0) is 31.9 Å². The number of carboxylic acid groups (broad SMARTS) is 1. The Bertz CT molecular complexity index is 461. The third-order valence-electron chi connectivity index (χ3n) is 2.66. The second kappa shape index (κ2) is 6.24. The normalized spacial score (nSPS) is 11.6. The number of hydrogen-bond acceptors (Lipinski definition) is 3. The van der Waals surface area contributed by atoms with Crippen molar-refractivity contribution in [1.29, 1.82) is 0 Å². The van der Waals surface area contributed by atoms with E-state index in [-0.39, 0.29) is 5.78 Å². The molecule has 1 rings (SSSR count). The lowest BCUT2D eigenvalue weighted by Gasteiger charge is -2.18. The first-order valence-corrected chi connectivity index (χ1v) is 7.09. The molecule has 0 aromatic heterocycles. The van der Waals surface area contributed by atoms with Crippen LogP contribution in [0.25, 0.3) is 0 Å². The second-order valence-electron chi connectivity index (χ2n) is 5.46. The number of ketones is 1. The minimum Gasteiger partial charge on any atom is -0.480 e. The van der Waals surface area contributed by atoms with Crippen LogP contribution in [0.4, 0.5) is 0 Å². The van der Waals surface area contributed by atoms with Crippen molar-refractivity contribution in [3.05, 3.63) is 29.8 Å². The van der Waals surface area contributed by atoms with Crippen molar-refractivity contribution in [2.75, 3.05) is 0 Å². The van der Waals surface area contributed by atoms with Crippen LogP contribution in [0, 0.1) is 5.92 Å². The molecule has 0 heterocycles. The van der Waals surface area contributed by atoms with Gasteiger partial charge in [-0.15, -0.1) is 11.8 Å². The molecule has 19 heavy (non-hydrogen) atoms. The van der Waals surface area contributed by atoms with Gasteiger partial charge in [-0.3, -0.25) is 9.59 Å². The number of carbonyl (C=O) groups is 2. The van der Waals surface area contributed by atoms with E-state index >= 15 is 0 Å². The maximum absolute atomic E-state index is 11.9. The van der Waals surface area contributed by atoms with Crippen molar-refractivity contribution in [3.63, 3.8) is 0 Å². The maximum atomic E-state index is 11.9. The summed E-state index contributed by atoms with van der Waals surface area (Å²) in [5, 5.41) is 9.07. The molecule has 1 aromatic carbocycles. The number of thioether (sulfide) groups is 1. The monoisotopic (exact) mass is 280 g/mol. The van der Waals surface area contributed by atoms with Crippen LogP contribution < -0.4 is 0 Å². The predicted molar refractivity (Wildman–Crippen MR) is 77.8 cm³/mol. The Morgan fingerprint density at radius 1 is 1.21 bits per heavy atom. The van der Waals surface area contributed by atoms with Crippen LogP contribution in [0.2, 0.25) is 0 Å². The van der Waals surface area contributed by atoms with Crippen molar-refractivity contribution in [3.8, 4) is 0 Å². The third kappa shape index (κ3) is 4.71. The molecule has 1 aromatic rings. The molecule has 0 amide bonds. The summed E-state index contributed by atoms with van der Waals surface area (Å²) in [6, 6.07) is 7.15. The van der Waals surface area contributed by atoms with Crippen molar-refractivity contribution in [2.45, 2.75) is 43.8 Å². The van der Waals surface area contributed by atoms with Crippen molar-refractivity contribution in [2.24, 2.45) is 5.92 Å². The van der Waals surface area contributed by atoms with Crippen molar-refractivity contribution in [1.82, 2.24) is 0 Å². The summed E-state index contributed by atoms with van der Waals surface area (Å²) in [5.41, 5.74) is 0.686. The summed E-state index contributed by atoms with van der Waals surface area (Å²) < 4.78 is -0.872. The molecule has 104 valence electrons. The molecule has 0 aliphatic heterocycles. The molecular formula is C15H20O3S. The van der Waals surface area contributed by atoms with Crippen LogP contribution in [0.15, 0.2) is 29.2 Å². The van der Waals surface area contributed by atoms with E-state index in [4.69, 9.17) is 5.11 Å². The minimum atomic E-state index is -0.872. The molecule has 0 spiro atoms. The average Bonchev–Trinajstić information content (AvgIpc) is 2.28. The van der Waals surface area contributed by atoms with Crippen molar-refractivity contribution >= 4 is 23.5 Å². The highest BCUT2D eigenvalue weighted by Gasteiger charge is 2.28. The fourth-order valence-electron chi connectivity index (χ4n) is 1.54. The molecule has 0 atom stereocenters. The fraction of sp³-hybridized carbons (Fsp3) is 0.467. The summed E-state index contributed by atoms with van der Waals surface area (Å²) in [6.07, 6.45) is 0.535. The second-order valence-corrected chi connectivity index (χ2v) is 7.16. The number of hydrogen-bond donors (Lipinski definition) is 1. The van der Waals surface area contributed by atoms with Crippen molar-refractivity contribution < 1.29 is 14.7 Å². The maximum Gasteiger partial charge on any atom is 0.319 e. The molecule has 0 fully saturated rings. The first kappa shape index (κ1) is 15.8. The smallest absolute Gasteiger partial charge is 0.319 e. The Balaban J connectivity index is 2.77. The average molecular weight is 280 g/mol. The number of Topliss-reactive ketones (excluding diaryl/α,β-unsaturated/α-hetero) is 1. The topological polar surface area (TPSA) is 54.4 Å². The standard InChI is InChI=1S/C15H20O3S/c1-10(2)9-13(16)11-5-7-12(8-6-11)19-15(3,4)14(17)18/h5-8,10H,9H2,1-4H3,(H,17,18). The van der Waals surface area contributed by atoms with E-state index in [1.54, 1.807) is 26.0 Å². The molecule has 0 saturated carbocycles. The Hall–Kier alpha value is -1.29. The van der Waals surface area contributed by atoms with E-state index in [1.165, 1.54) is 11.8 Å². The minimum absolute atomic E-state index is 0.129. The van der Waals surface area contributed by atoms with Gasteiger partial charge in [-0.25, -0.2) is 0 Å². The van der Waals surface area contributed by atoms with Gasteiger partial charge in [-0.2, -0.15) is 0 Å². The SMILES string of the molecule is CC(C)CC(=O)c1ccc(SC(C)(C)C(=O)O)cc1. The Labute approximate surface area is 118 Å². The molecule has 0 unspecified atom stereocenters. The van der Waals surface area contributed by atoms with Gasteiger partial charge in [0.25, 0.3) is 0 Å². The van der Waals surface area contributed by atoms with Gasteiger partial charge in [0.2, 0.25) is 0 Å². The zero-order valence-corrected chi connectivity index (χ0v) is 12.6. The highest BCUT2D eigenvalue weighted by molar-refractivity contribution is 8.01. The van der Waals surface area contributed by atoms with E-state index in [2.05, 4.69) is 0 Å². The summed E-state index contributed by atoms with van der Waals surface area (Å²) in [5.74, 6) is -0.381. The van der Waals surface area contributed by atoms with Gasteiger partial charge in [0, 0.05) is 16.9 Å². The van der Waals surface area contributed by atoms with Gasteiger partial charge in [-0.1, -0.05) is 26.0 Å². The highest BCUT2D eigenvalue weighted by atomic mass is 32.2. The largest absolute Gasteiger partial charge is 0.480 e. The van der Waals surface area contributed by atoms with Crippen LogP contribution in [0.5, 0.6) is 0 Å². The molecule has 0 saturated heterocycles. The lowest BCUT2D eigenvalue weighted by Crippen LogP contribution is -2.26. The predicted octanol–water partition coefficient (Wildman–Crippen LogP) is 3.87. The zero-order chi connectivity index (χ0) is 14.6. The van der Waals surface area contributed by atoms with Gasteiger partial charge < -0.3 is 5.11 Å². The molecule has 0 radical (unpaired) electrons. The van der Waals surface area contributed by atoms with Crippen LogP contribution in [0.3, 0.4) is 0 Å². The highest BCUT2D eigenvalue weighted by Crippen LogP contribution is 2.32.